The fourth-order valence-electron chi connectivity index (χ4n) is 2.65. The Morgan fingerprint density at radius 3 is 2.75 bits per heavy atom. The second kappa shape index (κ2) is 6.27. The number of nitrogens with one attached hydrogen (secondary N) is 2. The van der Waals surface area contributed by atoms with Gasteiger partial charge < -0.3 is 15.7 Å². The molecule has 1 saturated carbocycles. The Morgan fingerprint density at radius 1 is 1.45 bits per heavy atom. The van der Waals surface area contributed by atoms with Crippen LogP contribution in [0.4, 0.5) is 10.5 Å². The predicted molar refractivity (Wildman–Crippen MR) is 80.7 cm³/mol. The van der Waals surface area contributed by atoms with Crippen molar-refractivity contribution in [1.82, 2.24) is 5.32 Å². The van der Waals surface area contributed by atoms with Gasteiger partial charge in [0.2, 0.25) is 0 Å². The molecule has 2 rings (SSSR count). The highest BCUT2D eigenvalue weighted by molar-refractivity contribution is 5.89. The number of benzene rings is 1. The molecule has 3 N–H and O–H groups in total. The standard InChI is InChI=1S/C16H24N2O2/c1-3-16(8-5-9-16)11-17-15(20)18-14-7-4-6-13(10-14)12(2)19/h4,6-7,10,12,19H,3,5,8-9,11H2,1-2H3,(H2,17,18,20). The Bertz CT molecular complexity index is 462. The second-order valence-corrected chi connectivity index (χ2v) is 5.82. The van der Waals surface area contributed by atoms with Gasteiger partial charge in [0.25, 0.3) is 0 Å². The highest BCUT2D eigenvalue weighted by Crippen LogP contribution is 2.43. The summed E-state index contributed by atoms with van der Waals surface area (Å²) in [5.74, 6) is 0. The molecule has 1 aromatic carbocycles. The molecule has 0 heterocycles. The summed E-state index contributed by atoms with van der Waals surface area (Å²) >= 11 is 0. The van der Waals surface area contributed by atoms with Gasteiger partial charge in [-0.05, 0) is 49.3 Å². The first-order valence-electron chi connectivity index (χ1n) is 7.37. The zero-order valence-corrected chi connectivity index (χ0v) is 12.3. The van der Waals surface area contributed by atoms with Crippen LogP contribution in [0.25, 0.3) is 0 Å². The lowest BCUT2D eigenvalue weighted by Gasteiger charge is -2.41. The molecule has 0 radical (unpaired) electrons. The smallest absolute Gasteiger partial charge is 0.319 e. The summed E-state index contributed by atoms with van der Waals surface area (Å²) in [6.07, 6.45) is 4.28. The van der Waals surface area contributed by atoms with Gasteiger partial charge in [-0.15, -0.1) is 0 Å². The molecule has 110 valence electrons. The Labute approximate surface area is 120 Å². The summed E-state index contributed by atoms with van der Waals surface area (Å²) in [7, 11) is 0. The van der Waals surface area contributed by atoms with Crippen LogP contribution in [-0.4, -0.2) is 17.7 Å². The van der Waals surface area contributed by atoms with Crippen LogP contribution in [0.1, 0.15) is 51.2 Å². The molecule has 4 heteroatoms. The molecule has 1 unspecified atom stereocenters. The van der Waals surface area contributed by atoms with Crippen LogP contribution in [0.15, 0.2) is 24.3 Å². The molecule has 2 amide bonds. The highest BCUT2D eigenvalue weighted by Gasteiger charge is 2.35. The molecular weight excluding hydrogens is 252 g/mol. The third-order valence-corrected chi connectivity index (χ3v) is 4.42. The van der Waals surface area contributed by atoms with E-state index in [2.05, 4.69) is 17.6 Å². The molecule has 0 bridgehead atoms. The molecule has 20 heavy (non-hydrogen) atoms. The van der Waals surface area contributed by atoms with Crippen LogP contribution in [-0.2, 0) is 0 Å². The zero-order chi connectivity index (χ0) is 14.6. The van der Waals surface area contributed by atoms with Crippen molar-refractivity contribution in [2.24, 2.45) is 5.41 Å². The molecule has 1 aliphatic carbocycles. The van der Waals surface area contributed by atoms with Gasteiger partial charge in [-0.1, -0.05) is 25.5 Å². The van der Waals surface area contributed by atoms with E-state index in [1.165, 1.54) is 19.3 Å². The second-order valence-electron chi connectivity index (χ2n) is 5.82. The molecule has 0 aliphatic heterocycles. The summed E-state index contributed by atoms with van der Waals surface area (Å²) in [6, 6.07) is 7.12. The van der Waals surface area contributed by atoms with E-state index in [1.807, 2.05) is 18.2 Å². The van der Waals surface area contributed by atoms with Gasteiger partial charge in [-0.25, -0.2) is 4.79 Å². The number of aliphatic hydroxyl groups is 1. The number of amides is 2. The minimum atomic E-state index is -0.529. The van der Waals surface area contributed by atoms with E-state index in [-0.39, 0.29) is 6.03 Å². The quantitative estimate of drug-likeness (QED) is 0.771. The largest absolute Gasteiger partial charge is 0.389 e. The van der Waals surface area contributed by atoms with E-state index in [0.29, 0.717) is 11.1 Å². The number of hydrogen-bond donors (Lipinski definition) is 3. The van der Waals surface area contributed by atoms with Crippen LogP contribution in [0, 0.1) is 5.41 Å². The van der Waals surface area contributed by atoms with E-state index in [4.69, 9.17) is 0 Å². The van der Waals surface area contributed by atoms with Crippen molar-refractivity contribution in [2.75, 3.05) is 11.9 Å². The monoisotopic (exact) mass is 276 g/mol. The Morgan fingerprint density at radius 2 is 2.20 bits per heavy atom. The molecule has 1 atom stereocenters. The maximum Gasteiger partial charge on any atom is 0.319 e. The van der Waals surface area contributed by atoms with Crippen molar-refractivity contribution in [1.29, 1.82) is 0 Å². The lowest BCUT2D eigenvalue weighted by Crippen LogP contribution is -2.43. The predicted octanol–water partition coefficient (Wildman–Crippen LogP) is 3.44. The van der Waals surface area contributed by atoms with Gasteiger partial charge in [-0.3, -0.25) is 0 Å². The Hall–Kier alpha value is -1.55. The topological polar surface area (TPSA) is 61.4 Å². The summed E-state index contributed by atoms with van der Waals surface area (Å²) < 4.78 is 0. The lowest BCUT2D eigenvalue weighted by atomic mass is 9.67. The van der Waals surface area contributed by atoms with Gasteiger partial charge in [0.1, 0.15) is 0 Å². The Kier molecular flexibility index (Phi) is 4.65. The van der Waals surface area contributed by atoms with Crippen LogP contribution in [0.5, 0.6) is 0 Å². The number of anilines is 1. The number of carbonyl (C=O) groups is 1. The molecule has 1 aromatic rings. The molecule has 1 fully saturated rings. The van der Waals surface area contributed by atoms with E-state index >= 15 is 0 Å². The van der Waals surface area contributed by atoms with Crippen molar-refractivity contribution in [3.05, 3.63) is 29.8 Å². The lowest BCUT2D eigenvalue weighted by molar-refractivity contribution is 0.127. The van der Waals surface area contributed by atoms with E-state index in [0.717, 1.165) is 18.5 Å². The van der Waals surface area contributed by atoms with Crippen molar-refractivity contribution in [3.8, 4) is 0 Å². The third-order valence-electron chi connectivity index (χ3n) is 4.42. The molecule has 1 aliphatic rings. The molecule has 4 nitrogen and oxygen atoms in total. The minimum absolute atomic E-state index is 0.174. The number of hydrogen-bond acceptors (Lipinski definition) is 2. The Balaban J connectivity index is 1.86. The normalized spacial score (nSPS) is 17.9. The van der Waals surface area contributed by atoms with Crippen LogP contribution in [0.3, 0.4) is 0 Å². The number of rotatable bonds is 5. The van der Waals surface area contributed by atoms with Gasteiger partial charge in [0, 0.05) is 12.2 Å². The van der Waals surface area contributed by atoms with E-state index < -0.39 is 6.10 Å². The van der Waals surface area contributed by atoms with Crippen LogP contribution < -0.4 is 10.6 Å². The molecule has 0 aromatic heterocycles. The molecule has 0 spiro atoms. The van der Waals surface area contributed by atoms with E-state index in [1.54, 1.807) is 13.0 Å². The van der Waals surface area contributed by atoms with Gasteiger partial charge in [0.15, 0.2) is 0 Å². The summed E-state index contributed by atoms with van der Waals surface area (Å²) in [6.45, 7) is 4.64. The number of urea groups is 1. The molecular formula is C16H24N2O2. The first-order valence-corrected chi connectivity index (χ1v) is 7.37. The SMILES string of the molecule is CCC1(CNC(=O)Nc2cccc(C(C)O)c2)CCC1. The summed E-state index contributed by atoms with van der Waals surface area (Å²) in [5.41, 5.74) is 1.82. The first kappa shape index (κ1) is 14.9. The molecule has 0 saturated heterocycles. The number of aliphatic hydroxyl groups excluding tert-OH is 1. The van der Waals surface area contributed by atoms with E-state index in [9.17, 15) is 9.90 Å². The van der Waals surface area contributed by atoms with Crippen LogP contribution in [0.2, 0.25) is 0 Å². The maximum atomic E-state index is 11.9. The van der Waals surface area contributed by atoms with Gasteiger partial charge in [0.05, 0.1) is 6.10 Å². The van der Waals surface area contributed by atoms with Gasteiger partial charge >= 0.3 is 6.03 Å². The first-order chi connectivity index (χ1) is 9.54. The fourth-order valence-corrected chi connectivity index (χ4v) is 2.65. The summed E-state index contributed by atoms with van der Waals surface area (Å²) in [5, 5.41) is 15.3. The minimum Gasteiger partial charge on any atom is -0.389 e. The van der Waals surface area contributed by atoms with Crippen molar-refractivity contribution < 1.29 is 9.90 Å². The number of carbonyl (C=O) groups excluding carboxylic acids is 1. The summed E-state index contributed by atoms with van der Waals surface area (Å²) in [4.78, 5) is 11.9. The van der Waals surface area contributed by atoms with Crippen molar-refractivity contribution >= 4 is 11.7 Å². The highest BCUT2D eigenvalue weighted by atomic mass is 16.3. The average molecular weight is 276 g/mol. The van der Waals surface area contributed by atoms with Gasteiger partial charge in [-0.2, -0.15) is 0 Å². The fraction of sp³-hybridized carbons (Fsp3) is 0.562. The van der Waals surface area contributed by atoms with Crippen molar-refractivity contribution in [2.45, 2.75) is 45.6 Å². The maximum absolute atomic E-state index is 11.9. The van der Waals surface area contributed by atoms with Crippen molar-refractivity contribution in [3.63, 3.8) is 0 Å². The average Bonchev–Trinajstić information content (AvgIpc) is 2.38. The van der Waals surface area contributed by atoms with Crippen LogP contribution >= 0.6 is 0 Å². The zero-order valence-electron chi connectivity index (χ0n) is 12.3. The third kappa shape index (κ3) is 3.51.